The average molecular weight is 657 g/mol. The fourth-order valence-corrected chi connectivity index (χ4v) is 5.79. The van der Waals surface area contributed by atoms with E-state index in [1.807, 2.05) is 158 Å². The van der Waals surface area contributed by atoms with E-state index in [1.54, 1.807) is 33.4 Å². The molecule has 0 aliphatic rings. The zero-order valence-corrected chi connectivity index (χ0v) is 27.4. The van der Waals surface area contributed by atoms with Gasteiger partial charge in [0.25, 0.3) is 0 Å². The van der Waals surface area contributed by atoms with E-state index in [0.29, 0.717) is 23.1 Å². The lowest BCUT2D eigenvalue weighted by Crippen LogP contribution is -2.43. The van der Waals surface area contributed by atoms with Gasteiger partial charge in [0.05, 0.1) is 35.5 Å². The standard InChI is InChI=1S/C40H32N8O2/c1-49-37-27-31(23-25-35(37)47-43-39(29-15-7-3-8-16-29)41-45(47)33-19-11-5-12-20-33)32-24-26-36(38(28-32)50-2)48-44-40(30-17-9-4-10-18-30)42-46(48)34-21-13-6-14-22-34/h3-28H,1-2H3/q+2. The number of methoxy groups -OCH3 is 2. The topological polar surface area (TPSA) is 87.6 Å². The van der Waals surface area contributed by atoms with E-state index in [9.17, 15) is 0 Å². The molecule has 0 amide bonds. The van der Waals surface area contributed by atoms with Crippen molar-refractivity contribution in [1.82, 2.24) is 30.0 Å². The fraction of sp³-hybridized carbons (Fsp3) is 0.0500. The number of rotatable bonds is 9. The summed E-state index contributed by atoms with van der Waals surface area (Å²) in [5.41, 5.74) is 6.90. The summed E-state index contributed by atoms with van der Waals surface area (Å²) in [6.45, 7) is 0. The maximum absolute atomic E-state index is 5.97. The molecule has 6 aromatic carbocycles. The number of benzene rings is 6. The van der Waals surface area contributed by atoms with Crippen LogP contribution in [0.15, 0.2) is 158 Å². The highest BCUT2D eigenvalue weighted by atomic mass is 16.5. The summed E-state index contributed by atoms with van der Waals surface area (Å²) in [4.78, 5) is 7.09. The molecule has 8 rings (SSSR count). The number of ether oxygens (including phenoxy) is 2. The molecule has 0 N–H and O–H groups in total. The Hall–Kier alpha value is -6.94. The molecule has 0 spiro atoms. The van der Waals surface area contributed by atoms with E-state index in [-0.39, 0.29) is 0 Å². The Balaban J connectivity index is 1.20. The van der Waals surface area contributed by atoms with Gasteiger partial charge in [-0.15, -0.1) is 0 Å². The molecule has 0 atom stereocenters. The van der Waals surface area contributed by atoms with Gasteiger partial charge in [-0.2, -0.15) is 0 Å². The minimum Gasteiger partial charge on any atom is -0.492 e. The van der Waals surface area contributed by atoms with E-state index in [4.69, 9.17) is 29.9 Å². The zero-order chi connectivity index (χ0) is 33.9. The van der Waals surface area contributed by atoms with Crippen LogP contribution in [0.2, 0.25) is 0 Å². The predicted molar refractivity (Wildman–Crippen MR) is 189 cm³/mol. The maximum Gasteiger partial charge on any atom is 0.340 e. The van der Waals surface area contributed by atoms with Gasteiger partial charge in [-0.05, 0) is 116 Å². The summed E-state index contributed by atoms with van der Waals surface area (Å²) in [6.07, 6.45) is 0. The third kappa shape index (κ3) is 5.75. The monoisotopic (exact) mass is 656 g/mol. The SMILES string of the molecule is COc1cc(-c2ccc(-[n+]3nc(-c4ccccc4)nn3-c3ccccc3)c(OC)c2)ccc1-[n+]1nc(-c2ccccc2)nn1-c1ccccc1. The molecule has 242 valence electrons. The predicted octanol–water partition coefficient (Wildman–Crippen LogP) is 6.42. The molecule has 0 unspecified atom stereocenters. The molecule has 0 radical (unpaired) electrons. The Morgan fingerprint density at radius 3 is 1.14 bits per heavy atom. The molecule has 2 aromatic heterocycles. The number of para-hydroxylation sites is 2. The van der Waals surface area contributed by atoms with E-state index >= 15 is 0 Å². The lowest BCUT2D eigenvalue weighted by Gasteiger charge is -2.11. The van der Waals surface area contributed by atoms with Crippen molar-refractivity contribution >= 4 is 0 Å². The summed E-state index contributed by atoms with van der Waals surface area (Å²) < 4.78 is 11.9. The first kappa shape index (κ1) is 30.4. The summed E-state index contributed by atoms with van der Waals surface area (Å²) >= 11 is 0. The molecular weight excluding hydrogens is 624 g/mol. The van der Waals surface area contributed by atoms with Crippen molar-refractivity contribution < 1.29 is 19.1 Å². The molecular formula is C40H32N8O2+2. The smallest absolute Gasteiger partial charge is 0.340 e. The molecule has 0 saturated carbocycles. The third-order valence-corrected chi connectivity index (χ3v) is 8.28. The molecule has 8 aromatic rings. The zero-order valence-electron chi connectivity index (χ0n) is 27.4. The first-order chi connectivity index (χ1) is 24.7. The summed E-state index contributed by atoms with van der Waals surface area (Å²) in [7, 11) is 3.32. The highest BCUT2D eigenvalue weighted by Crippen LogP contribution is 2.32. The van der Waals surface area contributed by atoms with Gasteiger partial charge in [0.1, 0.15) is 11.4 Å². The molecule has 0 bridgehead atoms. The van der Waals surface area contributed by atoms with Gasteiger partial charge in [-0.25, -0.2) is 0 Å². The van der Waals surface area contributed by atoms with Crippen molar-refractivity contribution in [2.24, 2.45) is 0 Å². The molecule has 0 saturated heterocycles. The minimum atomic E-state index is 0.595. The Kier molecular flexibility index (Phi) is 8.08. The van der Waals surface area contributed by atoms with Crippen molar-refractivity contribution in [3.05, 3.63) is 158 Å². The molecule has 0 fully saturated rings. The van der Waals surface area contributed by atoms with Crippen molar-refractivity contribution in [1.29, 1.82) is 0 Å². The molecule has 10 heteroatoms. The van der Waals surface area contributed by atoms with Crippen LogP contribution in [0.4, 0.5) is 0 Å². The normalized spacial score (nSPS) is 11.0. The first-order valence-corrected chi connectivity index (χ1v) is 16.1. The number of hydrogen-bond acceptors (Lipinski definition) is 6. The summed E-state index contributed by atoms with van der Waals surface area (Å²) in [5, 5.41) is 19.6. The van der Waals surface area contributed by atoms with Crippen LogP contribution in [0.1, 0.15) is 0 Å². The van der Waals surface area contributed by atoms with E-state index in [1.165, 1.54) is 0 Å². The Bertz CT molecular complexity index is 2220. The van der Waals surface area contributed by atoms with Crippen LogP contribution in [0.5, 0.6) is 11.5 Å². The quantitative estimate of drug-likeness (QED) is 0.167. The van der Waals surface area contributed by atoms with Crippen molar-refractivity contribution in [2.75, 3.05) is 14.2 Å². The lowest BCUT2D eigenvalue weighted by atomic mass is 10.0. The van der Waals surface area contributed by atoms with E-state index in [0.717, 1.165) is 45.0 Å². The van der Waals surface area contributed by atoms with Gasteiger partial charge in [0.15, 0.2) is 11.5 Å². The average Bonchev–Trinajstić information content (AvgIpc) is 3.85. The number of hydrogen-bond donors (Lipinski definition) is 0. The number of tetrazole rings is 2. The minimum absolute atomic E-state index is 0.595. The Labute approximate surface area is 288 Å². The second kappa shape index (κ2) is 13.3. The van der Waals surface area contributed by atoms with Gasteiger partial charge in [-0.3, -0.25) is 0 Å². The molecule has 0 aliphatic carbocycles. The van der Waals surface area contributed by atoms with Crippen molar-refractivity contribution in [2.45, 2.75) is 0 Å². The van der Waals surface area contributed by atoms with Crippen molar-refractivity contribution in [3.63, 3.8) is 0 Å². The third-order valence-electron chi connectivity index (χ3n) is 8.28. The van der Waals surface area contributed by atoms with Gasteiger partial charge in [0.2, 0.25) is 11.4 Å². The van der Waals surface area contributed by atoms with E-state index in [2.05, 4.69) is 0 Å². The number of nitrogens with zero attached hydrogens (tertiary/aromatic N) is 8. The van der Waals surface area contributed by atoms with Gasteiger partial charge in [0, 0.05) is 9.59 Å². The van der Waals surface area contributed by atoms with Crippen LogP contribution >= 0.6 is 0 Å². The second-order valence-electron chi connectivity index (χ2n) is 11.4. The summed E-state index contributed by atoms with van der Waals surface area (Å²) in [6, 6.07) is 51.7. The van der Waals surface area contributed by atoms with E-state index < -0.39 is 0 Å². The Morgan fingerprint density at radius 2 is 0.780 bits per heavy atom. The molecule has 10 nitrogen and oxygen atoms in total. The maximum atomic E-state index is 5.97. The molecule has 0 aliphatic heterocycles. The van der Waals surface area contributed by atoms with Crippen LogP contribution in [-0.4, -0.2) is 44.2 Å². The first-order valence-electron chi connectivity index (χ1n) is 16.1. The van der Waals surface area contributed by atoms with Gasteiger partial charge >= 0.3 is 11.6 Å². The lowest BCUT2D eigenvalue weighted by molar-refractivity contribution is -0.734. The van der Waals surface area contributed by atoms with Crippen LogP contribution < -0.4 is 19.1 Å². The largest absolute Gasteiger partial charge is 0.492 e. The van der Waals surface area contributed by atoms with Gasteiger partial charge in [-0.1, -0.05) is 72.8 Å². The van der Waals surface area contributed by atoms with Crippen LogP contribution in [0.3, 0.4) is 0 Å². The Morgan fingerprint density at radius 1 is 0.420 bits per heavy atom. The fourth-order valence-electron chi connectivity index (χ4n) is 5.79. The van der Waals surface area contributed by atoms with Gasteiger partial charge < -0.3 is 9.47 Å². The van der Waals surface area contributed by atoms with Crippen LogP contribution in [0, 0.1) is 0 Å². The highest BCUT2D eigenvalue weighted by molar-refractivity contribution is 5.70. The van der Waals surface area contributed by atoms with Crippen molar-refractivity contribution in [3.8, 4) is 68.2 Å². The molecule has 50 heavy (non-hydrogen) atoms. The second-order valence-corrected chi connectivity index (χ2v) is 11.4. The summed E-state index contributed by atoms with van der Waals surface area (Å²) in [5.74, 6) is 2.45. The van der Waals surface area contributed by atoms with Crippen LogP contribution in [0.25, 0.3) is 56.7 Å². The highest BCUT2D eigenvalue weighted by Gasteiger charge is 2.28. The van der Waals surface area contributed by atoms with Crippen LogP contribution in [-0.2, 0) is 0 Å². The molecule has 2 heterocycles. The number of aromatic nitrogens is 8.